The van der Waals surface area contributed by atoms with Gasteiger partial charge in [-0.25, -0.2) is 0 Å². The molecule has 0 aromatic heterocycles. The van der Waals surface area contributed by atoms with E-state index >= 15 is 0 Å². The molecular weight excluding hydrogens is 260 g/mol. The second-order valence-electron chi connectivity index (χ2n) is 5.68. The Kier molecular flexibility index (Phi) is 7.24. The molecule has 0 radical (unpaired) electrons. The number of rotatable bonds is 6. The smallest absolute Gasteiger partial charge is 0.319 e. The minimum absolute atomic E-state index is 0.116. The monoisotopic (exact) mass is 286 g/mol. The highest BCUT2D eigenvalue weighted by Crippen LogP contribution is 2.27. The summed E-state index contributed by atoms with van der Waals surface area (Å²) in [6, 6.07) is 0. The van der Waals surface area contributed by atoms with Gasteiger partial charge in [0, 0.05) is 13.6 Å². The largest absolute Gasteiger partial charge is 0.465 e. The van der Waals surface area contributed by atoms with Crippen LogP contribution >= 0.6 is 0 Å². The fourth-order valence-electron chi connectivity index (χ4n) is 1.66. The molecule has 1 atom stereocenters. The van der Waals surface area contributed by atoms with Crippen LogP contribution in [0.25, 0.3) is 0 Å². The zero-order valence-electron chi connectivity index (χ0n) is 13.3. The standard InChI is InChI=1S/C14H26N2O4/c1-7-16(6)10(17)9-15-12(18)11(14(3,4)5)13(19)20-8-2/h11H,7-9H2,1-6H3,(H,15,18). The molecule has 20 heavy (non-hydrogen) atoms. The Labute approximate surface area is 120 Å². The molecule has 0 saturated heterocycles. The second-order valence-corrected chi connectivity index (χ2v) is 5.68. The summed E-state index contributed by atoms with van der Waals surface area (Å²) in [6.07, 6.45) is 0. The number of esters is 1. The summed E-state index contributed by atoms with van der Waals surface area (Å²) in [6.45, 7) is 9.56. The van der Waals surface area contributed by atoms with Crippen LogP contribution in [0.2, 0.25) is 0 Å². The van der Waals surface area contributed by atoms with E-state index in [9.17, 15) is 14.4 Å². The molecule has 0 rings (SSSR count). The lowest BCUT2D eigenvalue weighted by molar-refractivity contribution is -0.157. The molecule has 0 saturated carbocycles. The number of amides is 2. The molecule has 116 valence electrons. The third kappa shape index (κ3) is 5.59. The molecule has 1 N–H and O–H groups in total. The van der Waals surface area contributed by atoms with Crippen LogP contribution in [-0.2, 0) is 19.1 Å². The first-order valence-electron chi connectivity index (χ1n) is 6.83. The van der Waals surface area contributed by atoms with E-state index in [2.05, 4.69) is 5.32 Å². The van der Waals surface area contributed by atoms with E-state index in [1.54, 1.807) is 34.7 Å². The molecule has 1 unspecified atom stereocenters. The van der Waals surface area contributed by atoms with Gasteiger partial charge < -0.3 is 15.0 Å². The van der Waals surface area contributed by atoms with Crippen LogP contribution in [-0.4, -0.2) is 49.4 Å². The maximum atomic E-state index is 12.1. The van der Waals surface area contributed by atoms with Crippen molar-refractivity contribution in [2.24, 2.45) is 11.3 Å². The molecule has 0 aliphatic heterocycles. The third-order valence-corrected chi connectivity index (χ3v) is 2.96. The highest BCUT2D eigenvalue weighted by atomic mass is 16.5. The minimum atomic E-state index is -0.929. The van der Waals surface area contributed by atoms with Gasteiger partial charge in [-0.15, -0.1) is 0 Å². The number of hydrogen-bond acceptors (Lipinski definition) is 4. The molecule has 0 fully saturated rings. The molecule has 0 aliphatic carbocycles. The summed E-state index contributed by atoms with van der Waals surface area (Å²) in [7, 11) is 1.65. The van der Waals surface area contributed by atoms with Crippen LogP contribution < -0.4 is 5.32 Å². The maximum Gasteiger partial charge on any atom is 0.319 e. The van der Waals surface area contributed by atoms with Crippen LogP contribution in [0.15, 0.2) is 0 Å². The van der Waals surface area contributed by atoms with E-state index in [-0.39, 0.29) is 19.1 Å². The molecular formula is C14H26N2O4. The molecule has 0 spiro atoms. The molecule has 0 aromatic rings. The van der Waals surface area contributed by atoms with Gasteiger partial charge in [0.15, 0.2) is 0 Å². The maximum absolute atomic E-state index is 12.1. The van der Waals surface area contributed by atoms with Gasteiger partial charge >= 0.3 is 5.97 Å². The predicted molar refractivity (Wildman–Crippen MR) is 75.9 cm³/mol. The van der Waals surface area contributed by atoms with E-state index in [0.29, 0.717) is 6.54 Å². The van der Waals surface area contributed by atoms with Crippen LogP contribution in [0.1, 0.15) is 34.6 Å². The normalized spacial score (nSPS) is 12.5. The Hall–Kier alpha value is -1.59. The zero-order chi connectivity index (χ0) is 15.9. The fraction of sp³-hybridized carbons (Fsp3) is 0.786. The molecule has 0 heterocycles. The Morgan fingerprint density at radius 3 is 2.15 bits per heavy atom. The van der Waals surface area contributed by atoms with Crippen LogP contribution in [0, 0.1) is 11.3 Å². The van der Waals surface area contributed by atoms with Gasteiger partial charge in [0.05, 0.1) is 13.2 Å². The lowest BCUT2D eigenvalue weighted by atomic mass is 9.80. The van der Waals surface area contributed by atoms with Crippen molar-refractivity contribution in [3.63, 3.8) is 0 Å². The summed E-state index contributed by atoms with van der Waals surface area (Å²) >= 11 is 0. The highest BCUT2D eigenvalue weighted by molar-refractivity contribution is 5.99. The van der Waals surface area contributed by atoms with Gasteiger partial charge in [-0.1, -0.05) is 20.8 Å². The fourth-order valence-corrected chi connectivity index (χ4v) is 1.66. The lowest BCUT2D eigenvalue weighted by Gasteiger charge is -2.27. The zero-order valence-corrected chi connectivity index (χ0v) is 13.3. The number of hydrogen-bond donors (Lipinski definition) is 1. The first-order valence-corrected chi connectivity index (χ1v) is 6.83. The van der Waals surface area contributed by atoms with Gasteiger partial charge in [-0.3, -0.25) is 14.4 Å². The molecule has 0 bridgehead atoms. The number of ether oxygens (including phenoxy) is 1. The van der Waals surface area contributed by atoms with Crippen LogP contribution in [0.4, 0.5) is 0 Å². The van der Waals surface area contributed by atoms with Gasteiger partial charge in [0.25, 0.3) is 0 Å². The van der Waals surface area contributed by atoms with Crippen molar-refractivity contribution in [2.75, 3.05) is 26.7 Å². The Morgan fingerprint density at radius 2 is 1.75 bits per heavy atom. The van der Waals surface area contributed by atoms with Crippen molar-refractivity contribution >= 4 is 17.8 Å². The van der Waals surface area contributed by atoms with Gasteiger partial charge in [-0.2, -0.15) is 0 Å². The summed E-state index contributed by atoms with van der Waals surface area (Å²) in [5, 5.41) is 2.51. The van der Waals surface area contributed by atoms with E-state index in [0.717, 1.165) is 0 Å². The van der Waals surface area contributed by atoms with E-state index < -0.39 is 23.2 Å². The SMILES string of the molecule is CCOC(=O)C(C(=O)NCC(=O)N(C)CC)C(C)(C)C. The molecule has 0 aromatic carbocycles. The van der Waals surface area contributed by atoms with Gasteiger partial charge in [-0.05, 0) is 19.3 Å². The van der Waals surface area contributed by atoms with E-state index in [4.69, 9.17) is 4.74 Å². The topological polar surface area (TPSA) is 75.7 Å². The number of nitrogens with zero attached hydrogens (tertiary/aromatic N) is 1. The van der Waals surface area contributed by atoms with Crippen molar-refractivity contribution in [2.45, 2.75) is 34.6 Å². The number of carbonyl (C=O) groups is 3. The van der Waals surface area contributed by atoms with E-state index in [1.165, 1.54) is 4.90 Å². The first-order chi connectivity index (χ1) is 9.15. The highest BCUT2D eigenvalue weighted by Gasteiger charge is 2.38. The van der Waals surface area contributed by atoms with E-state index in [1.807, 2.05) is 6.92 Å². The molecule has 6 nitrogen and oxygen atoms in total. The average molecular weight is 286 g/mol. The molecule has 2 amide bonds. The lowest BCUT2D eigenvalue weighted by Crippen LogP contribution is -2.46. The number of likely N-dealkylation sites (N-methyl/N-ethyl adjacent to an activating group) is 1. The molecule has 0 aliphatic rings. The summed E-state index contributed by atoms with van der Waals surface area (Å²) in [4.78, 5) is 37.2. The van der Waals surface area contributed by atoms with Crippen LogP contribution in [0.3, 0.4) is 0 Å². The summed E-state index contributed by atoms with van der Waals surface area (Å²) < 4.78 is 4.93. The van der Waals surface area contributed by atoms with Gasteiger partial charge in [0.1, 0.15) is 5.92 Å². The Morgan fingerprint density at radius 1 is 1.20 bits per heavy atom. The quantitative estimate of drug-likeness (QED) is 0.579. The summed E-state index contributed by atoms with van der Waals surface area (Å²) in [5.41, 5.74) is -0.573. The number of carbonyl (C=O) groups excluding carboxylic acids is 3. The average Bonchev–Trinajstić information content (AvgIpc) is 2.33. The second kappa shape index (κ2) is 7.87. The summed E-state index contributed by atoms with van der Waals surface area (Å²) in [5.74, 6) is -2.16. The van der Waals surface area contributed by atoms with Crippen molar-refractivity contribution in [1.29, 1.82) is 0 Å². The Balaban J connectivity index is 4.74. The third-order valence-electron chi connectivity index (χ3n) is 2.96. The van der Waals surface area contributed by atoms with Gasteiger partial charge in [0.2, 0.25) is 11.8 Å². The van der Waals surface area contributed by atoms with Crippen molar-refractivity contribution in [3.8, 4) is 0 Å². The molecule has 6 heteroatoms. The van der Waals surface area contributed by atoms with Crippen molar-refractivity contribution in [1.82, 2.24) is 10.2 Å². The van der Waals surface area contributed by atoms with Crippen molar-refractivity contribution in [3.05, 3.63) is 0 Å². The minimum Gasteiger partial charge on any atom is -0.465 e. The number of nitrogens with one attached hydrogen (secondary N) is 1. The Bertz CT molecular complexity index is 361. The van der Waals surface area contributed by atoms with Crippen molar-refractivity contribution < 1.29 is 19.1 Å². The van der Waals surface area contributed by atoms with Crippen LogP contribution in [0.5, 0.6) is 0 Å². The predicted octanol–water partition coefficient (Wildman–Crippen LogP) is 0.806. The first kappa shape index (κ1) is 18.4.